The second-order valence-corrected chi connectivity index (χ2v) is 7.55. The van der Waals surface area contributed by atoms with Gasteiger partial charge in [-0.1, -0.05) is 29.8 Å². The first-order valence-electron chi connectivity index (χ1n) is 8.35. The van der Waals surface area contributed by atoms with E-state index in [1.807, 2.05) is 20.8 Å². The number of amides is 2. The molecule has 140 valence electrons. The Bertz CT molecular complexity index is 897. The minimum Gasteiger partial charge on any atom is -0.399 e. The molecule has 0 bridgehead atoms. The van der Waals surface area contributed by atoms with Crippen molar-refractivity contribution in [2.45, 2.75) is 32.4 Å². The molecule has 2 aromatic carbocycles. The van der Waals surface area contributed by atoms with E-state index in [0.29, 0.717) is 22.0 Å². The van der Waals surface area contributed by atoms with Crippen LogP contribution in [0.15, 0.2) is 48.5 Å². The molecule has 27 heavy (non-hydrogen) atoms. The second-order valence-electron chi connectivity index (χ2n) is 7.11. The van der Waals surface area contributed by atoms with E-state index in [1.54, 1.807) is 48.5 Å². The molecule has 2 aromatic rings. The molecule has 0 spiro atoms. The summed E-state index contributed by atoms with van der Waals surface area (Å²) in [7, 11) is 0. The van der Waals surface area contributed by atoms with Crippen molar-refractivity contribution in [1.29, 1.82) is 0 Å². The lowest BCUT2D eigenvalue weighted by Crippen LogP contribution is -2.49. The molecule has 6 heteroatoms. The van der Waals surface area contributed by atoms with Gasteiger partial charge in [0.15, 0.2) is 0 Å². The number of hydrogen-bond acceptors (Lipinski definition) is 3. The van der Waals surface area contributed by atoms with Crippen LogP contribution in [0.1, 0.15) is 32.4 Å². The fourth-order valence-electron chi connectivity index (χ4n) is 2.66. The maximum absolute atomic E-state index is 13.1. The minimum atomic E-state index is -1.00. The van der Waals surface area contributed by atoms with Crippen molar-refractivity contribution in [3.63, 3.8) is 0 Å². The Balaban J connectivity index is 2.65. The summed E-state index contributed by atoms with van der Waals surface area (Å²) in [5.41, 5.74) is 6.83. The fraction of sp³-hybridized carbons (Fsp3) is 0.238. The summed E-state index contributed by atoms with van der Waals surface area (Å²) in [4.78, 5) is 27.0. The van der Waals surface area contributed by atoms with E-state index in [1.165, 1.54) is 4.90 Å². The molecule has 0 fully saturated rings. The van der Waals surface area contributed by atoms with Crippen LogP contribution in [0.4, 0.5) is 11.4 Å². The third-order valence-corrected chi connectivity index (χ3v) is 3.89. The van der Waals surface area contributed by atoms with Gasteiger partial charge in [0.1, 0.15) is 6.04 Å². The second kappa shape index (κ2) is 8.15. The van der Waals surface area contributed by atoms with Crippen molar-refractivity contribution >= 4 is 34.8 Å². The van der Waals surface area contributed by atoms with Gasteiger partial charge in [0.2, 0.25) is 5.91 Å². The van der Waals surface area contributed by atoms with Gasteiger partial charge in [0.05, 0.1) is 0 Å². The molecule has 0 aromatic heterocycles. The molecule has 0 saturated carbocycles. The first kappa shape index (κ1) is 20.3. The lowest BCUT2D eigenvalue weighted by atomic mass is 10.00. The summed E-state index contributed by atoms with van der Waals surface area (Å²) < 4.78 is 0. The topological polar surface area (TPSA) is 75.4 Å². The third kappa shape index (κ3) is 5.25. The molecule has 2 amide bonds. The molecule has 0 aliphatic heterocycles. The number of halogens is 1. The molecule has 0 heterocycles. The average Bonchev–Trinajstić information content (AvgIpc) is 2.57. The Morgan fingerprint density at radius 2 is 1.85 bits per heavy atom. The molecule has 0 aliphatic carbocycles. The van der Waals surface area contributed by atoms with E-state index in [9.17, 15) is 9.59 Å². The Hall–Kier alpha value is -2.97. The normalized spacial score (nSPS) is 12.0. The SMILES string of the molecule is C#CC(=O)N(c1cccc(Cl)c1)C(C(=O)NC(C)(C)C)c1cccc(N)c1. The molecule has 2 rings (SSSR count). The van der Waals surface area contributed by atoms with Gasteiger partial charge in [0.25, 0.3) is 0 Å². The van der Waals surface area contributed by atoms with Crippen molar-refractivity contribution in [3.8, 4) is 12.3 Å². The summed E-state index contributed by atoms with van der Waals surface area (Å²) in [5.74, 6) is 1.06. The highest BCUT2D eigenvalue weighted by atomic mass is 35.5. The molecule has 5 nitrogen and oxygen atoms in total. The molecule has 1 unspecified atom stereocenters. The van der Waals surface area contributed by atoms with Gasteiger partial charge in [-0.15, -0.1) is 6.42 Å². The van der Waals surface area contributed by atoms with Gasteiger partial charge >= 0.3 is 5.91 Å². The number of nitrogens with one attached hydrogen (secondary N) is 1. The van der Waals surface area contributed by atoms with E-state index >= 15 is 0 Å². The Morgan fingerprint density at radius 3 is 2.41 bits per heavy atom. The maximum Gasteiger partial charge on any atom is 0.303 e. The van der Waals surface area contributed by atoms with Crippen LogP contribution >= 0.6 is 11.6 Å². The van der Waals surface area contributed by atoms with E-state index < -0.39 is 17.5 Å². The number of carbonyl (C=O) groups is 2. The number of hydrogen-bond donors (Lipinski definition) is 2. The monoisotopic (exact) mass is 383 g/mol. The summed E-state index contributed by atoms with van der Waals surface area (Å²) >= 11 is 6.09. The zero-order valence-electron chi connectivity index (χ0n) is 15.5. The summed E-state index contributed by atoms with van der Waals surface area (Å²) in [6, 6.07) is 12.4. The number of anilines is 2. The minimum absolute atomic E-state index is 0.378. The van der Waals surface area contributed by atoms with Crippen molar-refractivity contribution in [3.05, 3.63) is 59.1 Å². The number of nitrogens with two attached hydrogens (primary N) is 1. The van der Waals surface area contributed by atoms with Gasteiger partial charge in [-0.3, -0.25) is 14.5 Å². The van der Waals surface area contributed by atoms with Crippen LogP contribution < -0.4 is 16.0 Å². The fourth-order valence-corrected chi connectivity index (χ4v) is 2.85. The smallest absolute Gasteiger partial charge is 0.303 e. The van der Waals surface area contributed by atoms with Crippen LogP contribution in [-0.4, -0.2) is 17.4 Å². The highest BCUT2D eigenvalue weighted by Gasteiger charge is 2.34. The summed E-state index contributed by atoms with van der Waals surface area (Å²) in [6.07, 6.45) is 5.39. The Kier molecular flexibility index (Phi) is 6.14. The van der Waals surface area contributed by atoms with Crippen LogP contribution in [0.25, 0.3) is 0 Å². The number of benzene rings is 2. The lowest BCUT2D eigenvalue weighted by molar-refractivity contribution is -0.126. The van der Waals surface area contributed by atoms with E-state index in [2.05, 4.69) is 11.2 Å². The molecule has 0 aliphatic rings. The van der Waals surface area contributed by atoms with E-state index in [4.69, 9.17) is 23.8 Å². The number of terminal acetylenes is 1. The van der Waals surface area contributed by atoms with Crippen LogP contribution in [-0.2, 0) is 9.59 Å². The largest absolute Gasteiger partial charge is 0.399 e. The quantitative estimate of drug-likeness (QED) is 0.626. The molecular weight excluding hydrogens is 362 g/mol. The number of rotatable bonds is 4. The predicted molar refractivity (Wildman–Crippen MR) is 109 cm³/mol. The number of nitrogens with zero attached hydrogens (tertiary/aromatic N) is 1. The highest BCUT2D eigenvalue weighted by Crippen LogP contribution is 2.31. The summed E-state index contributed by atoms with van der Waals surface area (Å²) in [5, 5.41) is 3.33. The third-order valence-electron chi connectivity index (χ3n) is 3.66. The van der Waals surface area contributed by atoms with Crippen molar-refractivity contribution in [2.75, 3.05) is 10.6 Å². The average molecular weight is 384 g/mol. The molecule has 3 N–H and O–H groups in total. The molecule has 0 saturated heterocycles. The van der Waals surface area contributed by atoms with Gasteiger partial charge < -0.3 is 11.1 Å². The number of carbonyl (C=O) groups excluding carboxylic acids is 2. The highest BCUT2D eigenvalue weighted by molar-refractivity contribution is 6.31. The summed E-state index contributed by atoms with van der Waals surface area (Å²) in [6.45, 7) is 5.57. The standard InChI is InChI=1S/C21H22ClN3O2/c1-5-18(26)25(17-11-7-9-15(22)13-17)19(20(27)24-21(2,3)4)14-8-6-10-16(23)12-14/h1,6-13,19H,23H2,2-4H3,(H,24,27). The predicted octanol–water partition coefficient (Wildman–Crippen LogP) is 3.54. The molecule has 1 atom stereocenters. The van der Waals surface area contributed by atoms with Crippen molar-refractivity contribution in [2.24, 2.45) is 0 Å². The van der Waals surface area contributed by atoms with E-state index in [-0.39, 0.29) is 5.91 Å². The van der Waals surface area contributed by atoms with Crippen LogP contribution in [0, 0.1) is 12.3 Å². The van der Waals surface area contributed by atoms with Gasteiger partial charge in [0, 0.05) is 21.9 Å². The lowest BCUT2D eigenvalue weighted by Gasteiger charge is -2.32. The van der Waals surface area contributed by atoms with E-state index in [0.717, 1.165) is 0 Å². The van der Waals surface area contributed by atoms with Crippen molar-refractivity contribution in [1.82, 2.24) is 5.32 Å². The Morgan fingerprint density at radius 1 is 1.19 bits per heavy atom. The van der Waals surface area contributed by atoms with Gasteiger partial charge in [-0.2, -0.15) is 0 Å². The first-order chi connectivity index (χ1) is 12.6. The molecular formula is C21H22ClN3O2. The van der Waals surface area contributed by atoms with Crippen molar-refractivity contribution < 1.29 is 9.59 Å². The first-order valence-corrected chi connectivity index (χ1v) is 8.73. The van der Waals surface area contributed by atoms with Gasteiger partial charge in [-0.25, -0.2) is 0 Å². The van der Waals surface area contributed by atoms with Crippen LogP contribution in [0.3, 0.4) is 0 Å². The zero-order valence-corrected chi connectivity index (χ0v) is 16.2. The Labute approximate surface area is 164 Å². The van der Waals surface area contributed by atoms with Crippen LogP contribution in [0.5, 0.6) is 0 Å². The zero-order chi connectivity index (χ0) is 20.2. The van der Waals surface area contributed by atoms with Crippen LogP contribution in [0.2, 0.25) is 5.02 Å². The maximum atomic E-state index is 13.1. The molecule has 0 radical (unpaired) electrons. The number of nitrogen functional groups attached to an aromatic ring is 1. The van der Waals surface area contributed by atoms with Gasteiger partial charge in [-0.05, 0) is 62.6 Å².